The van der Waals surface area contributed by atoms with Gasteiger partial charge in [-0.2, -0.15) is 14.5 Å². The third-order valence-electron chi connectivity index (χ3n) is 6.99. The monoisotopic (exact) mass is 562 g/mol. The maximum absolute atomic E-state index is 15.2. The first-order chi connectivity index (χ1) is 19.3. The Balaban J connectivity index is 1.37. The van der Waals surface area contributed by atoms with E-state index in [-0.39, 0.29) is 16.1 Å². The maximum Gasteiger partial charge on any atom is 0.251 e. The normalized spacial score (nSPS) is 13.9. The van der Waals surface area contributed by atoms with Crippen LogP contribution in [-0.4, -0.2) is 35.9 Å². The zero-order valence-electron chi connectivity index (χ0n) is 20.8. The van der Waals surface area contributed by atoms with E-state index in [4.69, 9.17) is 17.3 Å². The number of hydrogen-bond donors (Lipinski definition) is 1. The predicted molar refractivity (Wildman–Crippen MR) is 140 cm³/mol. The van der Waals surface area contributed by atoms with Gasteiger partial charge in [0.15, 0.2) is 12.0 Å². The van der Waals surface area contributed by atoms with E-state index in [2.05, 4.69) is 20.6 Å². The molecular formula is C27H21ClF2N8O2. The van der Waals surface area contributed by atoms with E-state index in [1.807, 2.05) is 0 Å². The SMILES string of the molecule is NC(=O)c1ccc(-c2cnn([C@H](CC3CC3)c3ccc(-c4c(-n5cnnn5)ccc(Cl)c4F)c[n+]3[O-])c2)cc1F. The fourth-order valence-corrected chi connectivity index (χ4v) is 4.92. The summed E-state index contributed by atoms with van der Waals surface area (Å²) in [5.74, 6) is -1.85. The number of hydrogen-bond acceptors (Lipinski definition) is 6. The van der Waals surface area contributed by atoms with Gasteiger partial charge in [-0.25, -0.2) is 8.78 Å². The molecule has 5 aromatic rings. The summed E-state index contributed by atoms with van der Waals surface area (Å²) in [4.78, 5) is 11.4. The predicted octanol–water partition coefficient (Wildman–Crippen LogP) is 4.25. The van der Waals surface area contributed by atoms with Gasteiger partial charge in [0.2, 0.25) is 5.69 Å². The first kappa shape index (κ1) is 25.6. The molecular weight excluding hydrogens is 542 g/mol. The summed E-state index contributed by atoms with van der Waals surface area (Å²) in [7, 11) is 0. The lowest BCUT2D eigenvalue weighted by Gasteiger charge is -2.18. The number of carbonyl (C=O) groups excluding carboxylic acids is 1. The largest absolute Gasteiger partial charge is 0.618 e. The van der Waals surface area contributed by atoms with E-state index in [1.165, 1.54) is 35.4 Å². The van der Waals surface area contributed by atoms with Crippen molar-refractivity contribution in [2.45, 2.75) is 25.3 Å². The molecule has 0 unspecified atom stereocenters. The molecule has 0 saturated heterocycles. The second-order valence-electron chi connectivity index (χ2n) is 9.64. The van der Waals surface area contributed by atoms with Crippen LogP contribution in [0.25, 0.3) is 27.9 Å². The van der Waals surface area contributed by atoms with Gasteiger partial charge in [-0.05, 0) is 58.7 Å². The fraction of sp³-hybridized carbons (Fsp3) is 0.185. The number of tetrazole rings is 1. The number of halogens is 3. The average molecular weight is 563 g/mol. The van der Waals surface area contributed by atoms with Gasteiger partial charge >= 0.3 is 0 Å². The van der Waals surface area contributed by atoms with E-state index < -0.39 is 23.6 Å². The summed E-state index contributed by atoms with van der Waals surface area (Å²) < 4.78 is 33.3. The van der Waals surface area contributed by atoms with Gasteiger partial charge in [-0.1, -0.05) is 30.5 Å². The van der Waals surface area contributed by atoms with Crippen molar-refractivity contribution in [2.75, 3.05) is 0 Å². The summed E-state index contributed by atoms with van der Waals surface area (Å²) in [6.07, 6.45) is 8.67. The molecule has 0 aliphatic heterocycles. The van der Waals surface area contributed by atoms with Crippen molar-refractivity contribution in [1.82, 2.24) is 30.0 Å². The van der Waals surface area contributed by atoms with Gasteiger partial charge in [0.05, 0.1) is 33.6 Å². The molecule has 202 valence electrons. The number of primary amides is 1. The van der Waals surface area contributed by atoms with E-state index in [0.29, 0.717) is 45.1 Å². The third-order valence-corrected chi connectivity index (χ3v) is 7.28. The highest BCUT2D eigenvalue weighted by Crippen LogP contribution is 2.39. The Morgan fingerprint density at radius 3 is 2.62 bits per heavy atom. The van der Waals surface area contributed by atoms with E-state index in [0.717, 1.165) is 12.8 Å². The highest BCUT2D eigenvalue weighted by Gasteiger charge is 2.32. The van der Waals surface area contributed by atoms with Crippen LogP contribution < -0.4 is 10.5 Å². The maximum atomic E-state index is 15.2. The van der Waals surface area contributed by atoms with Crippen LogP contribution in [0.4, 0.5) is 8.78 Å². The molecule has 13 heteroatoms. The third kappa shape index (κ3) is 4.77. The molecule has 2 aromatic carbocycles. The number of rotatable bonds is 8. The molecule has 0 bridgehead atoms. The van der Waals surface area contributed by atoms with Crippen LogP contribution in [0, 0.1) is 22.8 Å². The van der Waals surface area contributed by atoms with Crippen molar-refractivity contribution in [3.05, 3.63) is 101 Å². The van der Waals surface area contributed by atoms with Crippen molar-refractivity contribution >= 4 is 17.5 Å². The minimum atomic E-state index is -0.851. The van der Waals surface area contributed by atoms with Crippen LogP contribution in [0.3, 0.4) is 0 Å². The van der Waals surface area contributed by atoms with Gasteiger partial charge in [-0.15, -0.1) is 5.10 Å². The molecule has 10 nitrogen and oxygen atoms in total. The average Bonchev–Trinajstić information content (AvgIpc) is 3.36. The zero-order valence-corrected chi connectivity index (χ0v) is 21.5. The fourth-order valence-electron chi connectivity index (χ4n) is 4.76. The number of nitrogens with zero attached hydrogens (tertiary/aromatic N) is 7. The Hall–Kier alpha value is -4.71. The Morgan fingerprint density at radius 2 is 1.95 bits per heavy atom. The van der Waals surface area contributed by atoms with Crippen molar-refractivity contribution in [1.29, 1.82) is 0 Å². The smallest absolute Gasteiger partial charge is 0.251 e. The molecule has 0 spiro atoms. The zero-order chi connectivity index (χ0) is 28.0. The van der Waals surface area contributed by atoms with Gasteiger partial charge < -0.3 is 10.9 Å². The lowest BCUT2D eigenvalue weighted by Crippen LogP contribution is -2.35. The van der Waals surface area contributed by atoms with Crippen molar-refractivity contribution in [3.8, 4) is 27.9 Å². The summed E-state index contributed by atoms with van der Waals surface area (Å²) >= 11 is 6.07. The Labute approximate surface area is 231 Å². The number of benzene rings is 2. The lowest BCUT2D eigenvalue weighted by molar-refractivity contribution is -0.615. The van der Waals surface area contributed by atoms with Crippen molar-refractivity contribution in [2.24, 2.45) is 11.7 Å². The summed E-state index contributed by atoms with van der Waals surface area (Å²) in [6, 6.07) is 9.97. The first-order valence-electron chi connectivity index (χ1n) is 12.4. The van der Waals surface area contributed by atoms with Gasteiger partial charge in [-0.3, -0.25) is 9.48 Å². The molecule has 1 fully saturated rings. The van der Waals surface area contributed by atoms with E-state index in [9.17, 15) is 14.4 Å². The number of aromatic nitrogens is 7. The van der Waals surface area contributed by atoms with Crippen LogP contribution in [0.1, 0.15) is 41.4 Å². The Bertz CT molecular complexity index is 1740. The molecule has 1 aliphatic carbocycles. The second-order valence-corrected chi connectivity index (χ2v) is 10.0. The molecule has 3 heterocycles. The van der Waals surface area contributed by atoms with Gasteiger partial charge in [0, 0.05) is 17.8 Å². The summed E-state index contributed by atoms with van der Waals surface area (Å²) in [5, 5.41) is 28.9. The topological polar surface area (TPSA) is 131 Å². The molecule has 0 radical (unpaired) electrons. The summed E-state index contributed by atoms with van der Waals surface area (Å²) in [5.41, 5.74) is 7.23. The highest BCUT2D eigenvalue weighted by molar-refractivity contribution is 6.31. The molecule has 1 atom stereocenters. The Kier molecular flexibility index (Phi) is 6.46. The van der Waals surface area contributed by atoms with E-state index >= 15 is 4.39 Å². The molecule has 3 aromatic heterocycles. The Morgan fingerprint density at radius 1 is 1.15 bits per heavy atom. The van der Waals surface area contributed by atoms with Gasteiger partial charge in [0.25, 0.3) is 5.91 Å². The number of nitrogens with two attached hydrogens (primary N) is 1. The molecule has 6 rings (SSSR count). The van der Waals surface area contributed by atoms with Crippen molar-refractivity contribution in [3.63, 3.8) is 0 Å². The van der Waals surface area contributed by atoms with Crippen LogP contribution in [0.15, 0.2) is 67.4 Å². The quantitative estimate of drug-likeness (QED) is 0.222. The molecule has 1 aliphatic rings. The highest BCUT2D eigenvalue weighted by atomic mass is 35.5. The van der Waals surface area contributed by atoms with Crippen LogP contribution in [-0.2, 0) is 0 Å². The number of pyridine rings is 1. The van der Waals surface area contributed by atoms with Gasteiger partial charge in [0.1, 0.15) is 18.2 Å². The van der Waals surface area contributed by atoms with Crippen LogP contribution >= 0.6 is 11.6 Å². The number of carbonyl (C=O) groups is 1. The minimum Gasteiger partial charge on any atom is -0.618 e. The van der Waals surface area contributed by atoms with E-state index in [1.54, 1.807) is 41.3 Å². The number of amides is 1. The standard InChI is InChI=1S/C27H21ClF2N8O2/c28-20-6-8-23(37-14-32-34-35-37)25(26(20)30)17-4-7-22(38(40)13-17)24(9-15-1-2-15)36-12-18(11-33-36)16-3-5-19(27(31)39)21(29)10-16/h3-8,10-15,24H,1-2,9H2,(H2,31,39)/t24-/m1/s1. The van der Waals surface area contributed by atoms with Crippen LogP contribution in [0.5, 0.6) is 0 Å². The van der Waals surface area contributed by atoms with Crippen molar-refractivity contribution < 1.29 is 18.3 Å². The lowest BCUT2D eigenvalue weighted by atomic mass is 10.0. The minimum absolute atomic E-state index is 0.0810. The van der Waals surface area contributed by atoms with Crippen LogP contribution in [0.2, 0.25) is 5.02 Å². The molecule has 40 heavy (non-hydrogen) atoms. The second kappa shape index (κ2) is 10.1. The summed E-state index contributed by atoms with van der Waals surface area (Å²) in [6.45, 7) is 0. The molecule has 1 amide bonds. The molecule has 2 N–H and O–H groups in total. The molecule has 1 saturated carbocycles. The first-order valence-corrected chi connectivity index (χ1v) is 12.8.